The predicted octanol–water partition coefficient (Wildman–Crippen LogP) is 5.43. The summed E-state index contributed by atoms with van der Waals surface area (Å²) in [5.74, 6) is -1.85. The highest BCUT2D eigenvalue weighted by molar-refractivity contribution is 5.81. The fourth-order valence-corrected chi connectivity index (χ4v) is 2.90. The summed E-state index contributed by atoms with van der Waals surface area (Å²) in [5, 5.41) is 0. The Labute approximate surface area is 194 Å². The van der Waals surface area contributed by atoms with E-state index in [-0.39, 0.29) is 18.1 Å². The molecule has 34 heavy (non-hydrogen) atoms. The Bertz CT molecular complexity index is 1200. The van der Waals surface area contributed by atoms with Crippen molar-refractivity contribution in [3.63, 3.8) is 0 Å². The zero-order valence-corrected chi connectivity index (χ0v) is 18.0. The van der Waals surface area contributed by atoms with Crippen LogP contribution < -0.4 is 9.47 Å². The third kappa shape index (κ3) is 6.29. The second-order valence-electron chi connectivity index (χ2n) is 6.72. The fourth-order valence-electron chi connectivity index (χ4n) is 2.90. The molecule has 3 aromatic carbocycles. The van der Waals surface area contributed by atoms with E-state index in [1.807, 2.05) is 0 Å². The minimum Gasteiger partial charge on any atom is -0.457 e. The van der Waals surface area contributed by atoms with Gasteiger partial charge in [-0.1, -0.05) is 37.4 Å². The largest absolute Gasteiger partial charge is 0.457 e. The molecule has 0 aliphatic heterocycles. The summed E-state index contributed by atoms with van der Waals surface area (Å²) in [6, 6.07) is 14.9. The van der Waals surface area contributed by atoms with E-state index in [1.54, 1.807) is 36.4 Å². The Morgan fingerprint density at radius 2 is 1.15 bits per heavy atom. The standard InChI is InChI=1S/C26H20F2O6/c1-3-25(29)33-15-31-19-8-5-17(6-9-19)21-11-7-18(13-23(21)27)22-12-10-20(14-24(22)28)32-16-34-26(30)4-2/h3-14H,1-2,15-16H2. The van der Waals surface area contributed by atoms with Crippen LogP contribution in [0, 0.1) is 11.6 Å². The van der Waals surface area contributed by atoms with E-state index in [2.05, 4.69) is 17.9 Å². The van der Waals surface area contributed by atoms with Gasteiger partial charge in [0.1, 0.15) is 23.1 Å². The zero-order valence-electron chi connectivity index (χ0n) is 18.0. The minimum atomic E-state index is -0.663. The second kappa shape index (κ2) is 11.4. The van der Waals surface area contributed by atoms with Gasteiger partial charge in [0.15, 0.2) is 0 Å². The molecule has 0 aliphatic rings. The quantitative estimate of drug-likeness (QED) is 0.225. The van der Waals surface area contributed by atoms with E-state index in [1.165, 1.54) is 18.2 Å². The highest BCUT2D eigenvalue weighted by atomic mass is 19.1. The maximum atomic E-state index is 14.8. The molecule has 174 valence electrons. The lowest BCUT2D eigenvalue weighted by molar-refractivity contribution is -0.145. The summed E-state index contributed by atoms with van der Waals surface area (Å²) < 4.78 is 49.3. The molecule has 0 radical (unpaired) electrons. The van der Waals surface area contributed by atoms with Crippen LogP contribution in [0.15, 0.2) is 86.0 Å². The van der Waals surface area contributed by atoms with E-state index in [9.17, 15) is 18.4 Å². The molecule has 0 saturated carbocycles. The summed E-state index contributed by atoms with van der Waals surface area (Å²) in [6.07, 6.45) is 2.01. The molecule has 0 aliphatic carbocycles. The molecule has 3 rings (SSSR count). The van der Waals surface area contributed by atoms with Gasteiger partial charge in [0.25, 0.3) is 0 Å². The van der Waals surface area contributed by atoms with Crippen molar-refractivity contribution in [1.29, 1.82) is 0 Å². The van der Waals surface area contributed by atoms with Crippen LogP contribution in [-0.2, 0) is 19.1 Å². The number of halogens is 2. The van der Waals surface area contributed by atoms with Crippen molar-refractivity contribution >= 4 is 11.9 Å². The molecule has 0 spiro atoms. The van der Waals surface area contributed by atoms with Crippen LogP contribution in [0.25, 0.3) is 22.3 Å². The van der Waals surface area contributed by atoms with E-state index in [4.69, 9.17) is 14.2 Å². The normalized spacial score (nSPS) is 10.2. The average Bonchev–Trinajstić information content (AvgIpc) is 2.84. The fraction of sp³-hybridized carbons (Fsp3) is 0.0769. The van der Waals surface area contributed by atoms with Gasteiger partial charge in [-0.3, -0.25) is 0 Å². The summed E-state index contributed by atoms with van der Waals surface area (Å²) in [7, 11) is 0. The van der Waals surface area contributed by atoms with Crippen LogP contribution >= 0.6 is 0 Å². The van der Waals surface area contributed by atoms with E-state index < -0.39 is 30.4 Å². The maximum Gasteiger partial charge on any atom is 0.333 e. The van der Waals surface area contributed by atoms with E-state index >= 15 is 0 Å². The van der Waals surface area contributed by atoms with Gasteiger partial charge < -0.3 is 18.9 Å². The topological polar surface area (TPSA) is 71.1 Å². The average molecular weight is 466 g/mol. The van der Waals surface area contributed by atoms with Crippen molar-refractivity contribution in [2.75, 3.05) is 13.6 Å². The number of rotatable bonds is 10. The molecular formula is C26H20F2O6. The van der Waals surface area contributed by atoms with E-state index in [0.717, 1.165) is 18.2 Å². The molecule has 0 N–H and O–H groups in total. The van der Waals surface area contributed by atoms with Gasteiger partial charge >= 0.3 is 11.9 Å². The third-order valence-corrected chi connectivity index (χ3v) is 4.57. The van der Waals surface area contributed by atoms with Crippen LogP contribution in [0.5, 0.6) is 11.5 Å². The Morgan fingerprint density at radius 3 is 1.71 bits per heavy atom. The number of hydrogen-bond acceptors (Lipinski definition) is 6. The number of benzene rings is 3. The first-order chi connectivity index (χ1) is 16.4. The first-order valence-corrected chi connectivity index (χ1v) is 9.95. The smallest absolute Gasteiger partial charge is 0.333 e. The highest BCUT2D eigenvalue weighted by Gasteiger charge is 2.12. The van der Waals surface area contributed by atoms with Crippen molar-refractivity contribution < 1.29 is 37.3 Å². The predicted molar refractivity (Wildman–Crippen MR) is 121 cm³/mol. The van der Waals surface area contributed by atoms with Crippen LogP contribution in [0.3, 0.4) is 0 Å². The first kappa shape index (κ1) is 24.2. The summed E-state index contributed by atoms with van der Waals surface area (Å²) in [6.45, 7) is 5.87. The summed E-state index contributed by atoms with van der Waals surface area (Å²) in [5.41, 5.74) is 1.42. The van der Waals surface area contributed by atoms with Crippen LogP contribution in [0.2, 0.25) is 0 Å². The van der Waals surface area contributed by atoms with Gasteiger partial charge in [-0.25, -0.2) is 18.4 Å². The molecule has 0 atom stereocenters. The van der Waals surface area contributed by atoms with Crippen molar-refractivity contribution in [2.24, 2.45) is 0 Å². The zero-order chi connectivity index (χ0) is 24.5. The highest BCUT2D eigenvalue weighted by Crippen LogP contribution is 2.31. The Kier molecular flexibility index (Phi) is 8.12. The summed E-state index contributed by atoms with van der Waals surface area (Å²) in [4.78, 5) is 22.0. The summed E-state index contributed by atoms with van der Waals surface area (Å²) >= 11 is 0. The van der Waals surface area contributed by atoms with E-state index in [0.29, 0.717) is 22.4 Å². The van der Waals surface area contributed by atoms with Gasteiger partial charge in [-0.2, -0.15) is 0 Å². The first-order valence-electron chi connectivity index (χ1n) is 9.95. The molecule has 0 bridgehead atoms. The molecule has 0 fully saturated rings. The van der Waals surface area contributed by atoms with Crippen LogP contribution in [-0.4, -0.2) is 25.5 Å². The number of ether oxygens (including phenoxy) is 4. The Balaban J connectivity index is 1.69. The van der Waals surface area contributed by atoms with Crippen LogP contribution in [0.4, 0.5) is 8.78 Å². The molecule has 6 nitrogen and oxygen atoms in total. The lowest BCUT2D eigenvalue weighted by atomic mass is 9.99. The number of esters is 2. The van der Waals surface area contributed by atoms with Crippen LogP contribution in [0.1, 0.15) is 0 Å². The molecule has 0 saturated heterocycles. The monoisotopic (exact) mass is 466 g/mol. The van der Waals surface area contributed by atoms with Gasteiger partial charge in [-0.15, -0.1) is 0 Å². The van der Waals surface area contributed by atoms with Gasteiger partial charge in [-0.05, 0) is 41.5 Å². The lowest BCUT2D eigenvalue weighted by Gasteiger charge is -2.11. The molecule has 0 heterocycles. The second-order valence-corrected chi connectivity index (χ2v) is 6.72. The Hall–Kier alpha value is -4.46. The van der Waals surface area contributed by atoms with Crippen molar-refractivity contribution in [3.05, 3.63) is 97.6 Å². The third-order valence-electron chi connectivity index (χ3n) is 4.57. The van der Waals surface area contributed by atoms with Crippen molar-refractivity contribution in [3.8, 4) is 33.8 Å². The number of carbonyl (C=O) groups is 2. The molecule has 0 amide bonds. The molecule has 0 unspecified atom stereocenters. The van der Waals surface area contributed by atoms with Crippen molar-refractivity contribution in [2.45, 2.75) is 0 Å². The number of hydrogen-bond donors (Lipinski definition) is 0. The van der Waals surface area contributed by atoms with Crippen molar-refractivity contribution in [1.82, 2.24) is 0 Å². The molecule has 8 heteroatoms. The Morgan fingerprint density at radius 1 is 0.676 bits per heavy atom. The SMILES string of the molecule is C=CC(=O)OCOc1ccc(-c2ccc(-c3ccc(OCOC(=O)C=C)cc3F)cc2F)cc1. The minimum absolute atomic E-state index is 0.150. The van der Waals surface area contributed by atoms with Gasteiger partial charge in [0, 0.05) is 29.3 Å². The molecule has 3 aromatic rings. The molecule has 0 aromatic heterocycles. The maximum absolute atomic E-state index is 14.8. The van der Waals surface area contributed by atoms with Gasteiger partial charge in [0.05, 0.1) is 0 Å². The lowest BCUT2D eigenvalue weighted by Crippen LogP contribution is -2.07. The molecular weight excluding hydrogens is 446 g/mol. The number of carbonyl (C=O) groups excluding carboxylic acids is 2. The van der Waals surface area contributed by atoms with Gasteiger partial charge in [0.2, 0.25) is 13.6 Å².